The van der Waals surface area contributed by atoms with Gasteiger partial charge in [0.25, 0.3) is 12.3 Å². The van der Waals surface area contributed by atoms with Crippen molar-refractivity contribution >= 4 is 29.1 Å². The van der Waals surface area contributed by atoms with E-state index in [1.807, 2.05) is 11.9 Å². The van der Waals surface area contributed by atoms with E-state index in [2.05, 4.69) is 35.3 Å². The van der Waals surface area contributed by atoms with Crippen LogP contribution in [-0.2, 0) is 6.54 Å². The zero-order valence-corrected chi connectivity index (χ0v) is 24.7. The Kier molecular flexibility index (Phi) is 9.69. The van der Waals surface area contributed by atoms with Crippen molar-refractivity contribution in [2.24, 2.45) is 0 Å². The third-order valence-corrected chi connectivity index (χ3v) is 7.42. The summed E-state index contributed by atoms with van der Waals surface area (Å²) in [4.78, 5) is 34.1. The van der Waals surface area contributed by atoms with Gasteiger partial charge in [-0.05, 0) is 32.9 Å². The Morgan fingerprint density at radius 1 is 1.16 bits per heavy atom. The minimum Gasteiger partial charge on any atom is -0.337 e. The number of nitrogens with zero attached hydrogens (tertiary/aromatic N) is 8. The SMILES string of the molecule is C[C@H](F)CN(C)CC1CCCN1c1ncc(Cn2cc(NC(=O)c3cncc(-c4c(C(F)F)ccc(Cl)c4F)n3)cn2)cn1. The molecule has 4 aromatic rings. The minimum atomic E-state index is -3.00. The normalized spacial score (nSPS) is 15.8. The van der Waals surface area contributed by atoms with Crippen molar-refractivity contribution in [3.8, 4) is 11.3 Å². The summed E-state index contributed by atoms with van der Waals surface area (Å²) < 4.78 is 56.8. The first-order chi connectivity index (χ1) is 21.1. The number of anilines is 2. The van der Waals surface area contributed by atoms with E-state index in [1.165, 1.54) is 6.20 Å². The number of nitrogens with one attached hydrogen (secondary N) is 1. The van der Waals surface area contributed by atoms with Crippen molar-refractivity contribution in [2.45, 2.75) is 44.9 Å². The number of benzene rings is 1. The number of amides is 1. The number of rotatable bonds is 11. The number of hydrogen-bond acceptors (Lipinski definition) is 8. The summed E-state index contributed by atoms with van der Waals surface area (Å²) in [6.07, 6.45) is 6.79. The highest BCUT2D eigenvalue weighted by Crippen LogP contribution is 2.35. The van der Waals surface area contributed by atoms with Gasteiger partial charge in [0.2, 0.25) is 5.95 Å². The molecule has 232 valence electrons. The third-order valence-electron chi connectivity index (χ3n) is 7.13. The third kappa shape index (κ3) is 7.30. The van der Waals surface area contributed by atoms with Gasteiger partial charge < -0.3 is 15.1 Å². The van der Waals surface area contributed by atoms with Crippen LogP contribution in [0.2, 0.25) is 5.02 Å². The van der Waals surface area contributed by atoms with E-state index in [-0.39, 0.29) is 22.5 Å². The number of carbonyl (C=O) groups excluding carboxylic acids is 1. The van der Waals surface area contributed by atoms with Crippen molar-refractivity contribution < 1.29 is 22.4 Å². The van der Waals surface area contributed by atoms with Gasteiger partial charge in [0.1, 0.15) is 11.9 Å². The standard InChI is InChI=1S/C29H30ClF4N9O/c1-17(31)13-41(2)16-20-4-3-7-43(20)29-36-8-18(9-37-29)14-42-15-19(10-38-42)39-28(44)24-12-35-11-23(40-24)25-21(27(33)34)5-6-22(30)26(25)32/h5-6,8-12,15,17,20,27H,3-4,7,13-14,16H2,1-2H3,(H,39,44)/t17-,20?/m0/s1. The monoisotopic (exact) mass is 631 g/mol. The predicted octanol–water partition coefficient (Wildman–Crippen LogP) is 5.42. The van der Waals surface area contributed by atoms with E-state index in [1.54, 1.807) is 30.2 Å². The van der Waals surface area contributed by atoms with Gasteiger partial charge in [0, 0.05) is 61.0 Å². The lowest BCUT2D eigenvalue weighted by atomic mass is 10.0. The molecule has 15 heteroatoms. The van der Waals surface area contributed by atoms with Crippen molar-refractivity contribution in [1.29, 1.82) is 0 Å². The Labute approximate surface area is 256 Å². The Hall–Kier alpha value is -4.17. The highest BCUT2D eigenvalue weighted by atomic mass is 35.5. The Morgan fingerprint density at radius 3 is 2.66 bits per heavy atom. The second-order valence-corrected chi connectivity index (χ2v) is 11.1. The van der Waals surface area contributed by atoms with Gasteiger partial charge in [-0.2, -0.15) is 5.10 Å². The summed E-state index contributed by atoms with van der Waals surface area (Å²) in [6, 6.07) is 2.25. The molecular weight excluding hydrogens is 602 g/mol. The molecule has 1 aliphatic heterocycles. The molecule has 0 radical (unpaired) electrons. The van der Waals surface area contributed by atoms with Gasteiger partial charge in [-0.25, -0.2) is 32.5 Å². The lowest BCUT2D eigenvalue weighted by molar-refractivity contribution is 0.102. The number of carbonyl (C=O) groups is 1. The maximum absolute atomic E-state index is 14.7. The molecule has 5 rings (SSSR count). The fourth-order valence-corrected chi connectivity index (χ4v) is 5.39. The molecule has 0 bridgehead atoms. The van der Waals surface area contributed by atoms with Crippen LogP contribution in [0.5, 0.6) is 0 Å². The molecule has 3 aromatic heterocycles. The van der Waals surface area contributed by atoms with Gasteiger partial charge in [-0.1, -0.05) is 17.7 Å². The first-order valence-electron chi connectivity index (χ1n) is 13.9. The second kappa shape index (κ2) is 13.6. The largest absolute Gasteiger partial charge is 0.337 e. The topological polar surface area (TPSA) is 105 Å². The summed E-state index contributed by atoms with van der Waals surface area (Å²) in [5.74, 6) is -1.15. The van der Waals surface area contributed by atoms with Crippen LogP contribution in [0.3, 0.4) is 0 Å². The lowest BCUT2D eigenvalue weighted by Gasteiger charge is -2.29. The molecule has 1 N–H and O–H groups in total. The molecule has 44 heavy (non-hydrogen) atoms. The van der Waals surface area contributed by atoms with Crippen molar-refractivity contribution in [3.05, 3.63) is 77.0 Å². The zero-order valence-electron chi connectivity index (χ0n) is 24.0. The molecule has 2 atom stereocenters. The van der Waals surface area contributed by atoms with Crippen LogP contribution < -0.4 is 10.2 Å². The van der Waals surface area contributed by atoms with Crippen LogP contribution in [0.25, 0.3) is 11.3 Å². The second-order valence-electron chi connectivity index (χ2n) is 10.7. The number of likely N-dealkylation sites (N-methyl/N-ethyl adjacent to an activating group) is 1. The molecule has 4 heterocycles. The molecule has 1 fully saturated rings. The first kappa shape index (κ1) is 31.3. The summed E-state index contributed by atoms with van der Waals surface area (Å²) in [7, 11) is 1.91. The van der Waals surface area contributed by atoms with Gasteiger partial charge in [0.05, 0.1) is 41.5 Å². The zero-order chi connectivity index (χ0) is 31.4. The van der Waals surface area contributed by atoms with E-state index in [4.69, 9.17) is 11.6 Å². The molecule has 1 amide bonds. The summed E-state index contributed by atoms with van der Waals surface area (Å²) in [6.45, 7) is 3.82. The van der Waals surface area contributed by atoms with Gasteiger partial charge in [0.15, 0.2) is 5.82 Å². The molecule has 10 nitrogen and oxygen atoms in total. The van der Waals surface area contributed by atoms with E-state index in [0.717, 1.165) is 56.0 Å². The van der Waals surface area contributed by atoms with Crippen LogP contribution in [-0.4, -0.2) is 79.4 Å². The van der Waals surface area contributed by atoms with Gasteiger partial charge >= 0.3 is 0 Å². The Balaban J connectivity index is 1.22. The summed E-state index contributed by atoms with van der Waals surface area (Å²) >= 11 is 5.80. The van der Waals surface area contributed by atoms with Gasteiger partial charge in [-0.3, -0.25) is 14.5 Å². The van der Waals surface area contributed by atoms with Crippen LogP contribution in [0, 0.1) is 5.82 Å². The fraction of sp³-hybridized carbons (Fsp3) is 0.379. The smallest absolute Gasteiger partial charge is 0.275 e. The Morgan fingerprint density at radius 2 is 1.93 bits per heavy atom. The van der Waals surface area contributed by atoms with E-state index in [9.17, 15) is 22.4 Å². The van der Waals surface area contributed by atoms with Crippen LogP contribution in [0.1, 0.15) is 47.8 Å². The van der Waals surface area contributed by atoms with E-state index >= 15 is 0 Å². The highest BCUT2D eigenvalue weighted by molar-refractivity contribution is 6.31. The number of alkyl halides is 3. The minimum absolute atomic E-state index is 0.211. The molecule has 1 aromatic carbocycles. The molecule has 0 spiro atoms. The average molecular weight is 632 g/mol. The number of halogens is 5. The molecule has 1 saturated heterocycles. The van der Waals surface area contributed by atoms with Crippen molar-refractivity contribution in [2.75, 3.05) is 36.9 Å². The molecule has 0 saturated carbocycles. The van der Waals surface area contributed by atoms with Crippen LogP contribution >= 0.6 is 11.6 Å². The molecule has 1 aliphatic rings. The van der Waals surface area contributed by atoms with Crippen LogP contribution in [0.15, 0.2) is 49.3 Å². The summed E-state index contributed by atoms with van der Waals surface area (Å²) in [5, 5.41) is 6.53. The number of hydrogen-bond donors (Lipinski definition) is 1. The van der Waals surface area contributed by atoms with E-state index < -0.39 is 35.4 Å². The molecule has 0 aliphatic carbocycles. The average Bonchev–Trinajstić information content (AvgIpc) is 3.63. The Bertz CT molecular complexity index is 1600. The lowest BCUT2D eigenvalue weighted by Crippen LogP contribution is -2.41. The van der Waals surface area contributed by atoms with E-state index in [0.29, 0.717) is 24.7 Å². The maximum Gasteiger partial charge on any atom is 0.275 e. The first-order valence-corrected chi connectivity index (χ1v) is 14.3. The highest BCUT2D eigenvalue weighted by Gasteiger charge is 2.28. The van der Waals surface area contributed by atoms with Crippen molar-refractivity contribution in [1.82, 2.24) is 34.6 Å². The fourth-order valence-electron chi connectivity index (χ4n) is 5.23. The molecule has 1 unspecified atom stereocenters. The number of aromatic nitrogens is 6. The summed E-state index contributed by atoms with van der Waals surface area (Å²) in [5.41, 5.74) is -0.486. The van der Waals surface area contributed by atoms with Crippen LogP contribution in [0.4, 0.5) is 29.2 Å². The molecular formula is C29H30ClF4N9O. The van der Waals surface area contributed by atoms with Gasteiger partial charge in [-0.15, -0.1) is 0 Å². The maximum atomic E-state index is 14.7. The van der Waals surface area contributed by atoms with Crippen molar-refractivity contribution in [3.63, 3.8) is 0 Å². The quantitative estimate of drug-likeness (QED) is 0.219. The predicted molar refractivity (Wildman–Crippen MR) is 157 cm³/mol.